The number of benzene rings is 1. The number of morpholine rings is 1. The lowest BCUT2D eigenvalue weighted by molar-refractivity contribution is 0.122. The van der Waals surface area contributed by atoms with Gasteiger partial charge in [0.05, 0.1) is 25.1 Å². The molecular weight excluding hydrogens is 394 g/mol. The Kier molecular flexibility index (Phi) is 5.44. The SMILES string of the molecule is CN1CCN(c2cc3nc[nH]c(=O)c3c(Nc3ccc(N4CCOCC4)cc3)n2)CC1. The van der Waals surface area contributed by atoms with Crippen molar-refractivity contribution in [2.45, 2.75) is 0 Å². The number of piperazine rings is 1. The van der Waals surface area contributed by atoms with Crippen molar-refractivity contribution in [3.8, 4) is 0 Å². The molecule has 9 nitrogen and oxygen atoms in total. The Hall–Kier alpha value is -3.17. The maximum absolute atomic E-state index is 12.6. The second-order valence-corrected chi connectivity index (χ2v) is 8.02. The van der Waals surface area contributed by atoms with E-state index in [9.17, 15) is 4.79 Å². The van der Waals surface area contributed by atoms with Crippen LogP contribution < -0.4 is 20.7 Å². The number of aromatic amines is 1. The number of pyridine rings is 1. The van der Waals surface area contributed by atoms with Gasteiger partial charge in [-0.05, 0) is 31.3 Å². The fraction of sp³-hybridized carbons (Fsp3) is 0.409. The number of rotatable bonds is 4. The lowest BCUT2D eigenvalue weighted by Gasteiger charge is -2.33. The van der Waals surface area contributed by atoms with E-state index in [1.165, 1.54) is 6.33 Å². The summed E-state index contributed by atoms with van der Waals surface area (Å²) in [6, 6.07) is 10.1. The summed E-state index contributed by atoms with van der Waals surface area (Å²) in [7, 11) is 2.12. The van der Waals surface area contributed by atoms with E-state index >= 15 is 0 Å². The monoisotopic (exact) mass is 421 g/mol. The van der Waals surface area contributed by atoms with Crippen molar-refractivity contribution in [3.05, 3.63) is 47.0 Å². The summed E-state index contributed by atoms with van der Waals surface area (Å²) in [6.45, 7) is 7.05. The smallest absolute Gasteiger partial charge is 0.262 e. The third kappa shape index (κ3) is 4.19. The first-order valence-corrected chi connectivity index (χ1v) is 10.7. The highest BCUT2D eigenvalue weighted by atomic mass is 16.5. The van der Waals surface area contributed by atoms with Gasteiger partial charge in [0.2, 0.25) is 0 Å². The quantitative estimate of drug-likeness (QED) is 0.657. The fourth-order valence-electron chi connectivity index (χ4n) is 4.08. The Bertz CT molecular complexity index is 1100. The molecule has 0 spiro atoms. The zero-order valence-corrected chi connectivity index (χ0v) is 17.7. The van der Waals surface area contributed by atoms with Gasteiger partial charge < -0.3 is 29.7 Å². The maximum Gasteiger partial charge on any atom is 0.262 e. The van der Waals surface area contributed by atoms with Crippen LogP contribution in [0.3, 0.4) is 0 Å². The molecule has 0 aliphatic carbocycles. The molecule has 31 heavy (non-hydrogen) atoms. The summed E-state index contributed by atoms with van der Waals surface area (Å²) >= 11 is 0. The Morgan fingerprint density at radius 3 is 2.48 bits per heavy atom. The Labute approximate surface area is 180 Å². The number of nitrogens with zero attached hydrogens (tertiary/aromatic N) is 5. The molecule has 2 N–H and O–H groups in total. The number of nitrogens with one attached hydrogen (secondary N) is 2. The number of ether oxygens (including phenoxy) is 1. The van der Waals surface area contributed by atoms with Gasteiger partial charge in [0.15, 0.2) is 0 Å². The molecule has 0 unspecified atom stereocenters. The lowest BCUT2D eigenvalue weighted by Crippen LogP contribution is -2.44. The van der Waals surface area contributed by atoms with E-state index in [1.807, 2.05) is 18.2 Å². The summed E-state index contributed by atoms with van der Waals surface area (Å²) in [4.78, 5) is 31.3. The molecule has 0 amide bonds. The van der Waals surface area contributed by atoms with Crippen LogP contribution in [0.15, 0.2) is 41.5 Å². The van der Waals surface area contributed by atoms with Crippen LogP contribution in [0.2, 0.25) is 0 Å². The molecule has 2 aliphatic heterocycles. The third-order valence-electron chi connectivity index (χ3n) is 5.95. The van der Waals surface area contributed by atoms with E-state index < -0.39 is 0 Å². The molecule has 5 rings (SSSR count). The number of hydrogen-bond acceptors (Lipinski definition) is 8. The number of likely N-dealkylation sites (N-methyl/N-ethyl adjacent to an activating group) is 1. The summed E-state index contributed by atoms with van der Waals surface area (Å²) in [6.07, 6.45) is 1.44. The van der Waals surface area contributed by atoms with Gasteiger partial charge in [0.25, 0.3) is 5.56 Å². The first-order valence-electron chi connectivity index (χ1n) is 10.7. The van der Waals surface area contributed by atoms with Crippen LogP contribution in [0.5, 0.6) is 0 Å². The van der Waals surface area contributed by atoms with E-state index in [0.717, 1.165) is 69.7 Å². The van der Waals surface area contributed by atoms with Gasteiger partial charge in [0.1, 0.15) is 17.0 Å². The highest BCUT2D eigenvalue weighted by Gasteiger charge is 2.19. The van der Waals surface area contributed by atoms with Gasteiger partial charge >= 0.3 is 0 Å². The van der Waals surface area contributed by atoms with Crippen molar-refractivity contribution in [1.82, 2.24) is 19.9 Å². The number of anilines is 4. The minimum absolute atomic E-state index is 0.199. The molecular formula is C22H27N7O2. The molecule has 0 radical (unpaired) electrons. The fourth-order valence-corrected chi connectivity index (χ4v) is 4.08. The molecule has 1 aromatic carbocycles. The zero-order chi connectivity index (χ0) is 21.2. The molecule has 0 atom stereocenters. The Morgan fingerprint density at radius 2 is 1.74 bits per heavy atom. The standard InChI is InChI=1S/C22H27N7O2/c1-27-6-8-29(9-7-27)19-14-18-20(22(30)24-15-23-18)21(26-19)25-16-2-4-17(5-3-16)28-10-12-31-13-11-28/h2-5,14-15H,6-13H2,1H3,(H,25,26)(H,23,24,30). The van der Waals surface area contributed by atoms with Gasteiger partial charge in [-0.1, -0.05) is 0 Å². The van der Waals surface area contributed by atoms with Crippen molar-refractivity contribution in [2.24, 2.45) is 0 Å². The highest BCUT2D eigenvalue weighted by molar-refractivity contribution is 5.92. The molecule has 2 fully saturated rings. The normalized spacial score (nSPS) is 17.8. The Morgan fingerprint density at radius 1 is 1.00 bits per heavy atom. The predicted molar refractivity (Wildman–Crippen MR) is 123 cm³/mol. The van der Waals surface area contributed by atoms with Crippen LogP contribution >= 0.6 is 0 Å². The average molecular weight is 422 g/mol. The van der Waals surface area contributed by atoms with Gasteiger partial charge in [0, 0.05) is 56.7 Å². The molecule has 2 aliphatic rings. The van der Waals surface area contributed by atoms with E-state index in [0.29, 0.717) is 16.7 Å². The third-order valence-corrected chi connectivity index (χ3v) is 5.95. The lowest BCUT2D eigenvalue weighted by atomic mass is 10.2. The van der Waals surface area contributed by atoms with Crippen molar-refractivity contribution in [1.29, 1.82) is 0 Å². The molecule has 2 aromatic heterocycles. The molecule has 0 saturated carbocycles. The summed E-state index contributed by atoms with van der Waals surface area (Å²) in [5.74, 6) is 1.37. The number of hydrogen-bond donors (Lipinski definition) is 2. The highest BCUT2D eigenvalue weighted by Crippen LogP contribution is 2.27. The van der Waals surface area contributed by atoms with Gasteiger partial charge in [-0.2, -0.15) is 0 Å². The van der Waals surface area contributed by atoms with Gasteiger partial charge in [-0.15, -0.1) is 0 Å². The summed E-state index contributed by atoms with van der Waals surface area (Å²) in [5.41, 5.74) is 2.48. The van der Waals surface area contributed by atoms with Crippen LogP contribution in [0.1, 0.15) is 0 Å². The van der Waals surface area contributed by atoms with E-state index in [-0.39, 0.29) is 5.56 Å². The first kappa shape index (κ1) is 19.8. The topological polar surface area (TPSA) is 89.6 Å². The van der Waals surface area contributed by atoms with E-state index in [1.54, 1.807) is 0 Å². The van der Waals surface area contributed by atoms with Crippen LogP contribution in [0, 0.1) is 0 Å². The number of aromatic nitrogens is 3. The van der Waals surface area contributed by atoms with Crippen LogP contribution in [-0.2, 0) is 4.74 Å². The van der Waals surface area contributed by atoms with Crippen molar-refractivity contribution in [3.63, 3.8) is 0 Å². The summed E-state index contributed by atoms with van der Waals surface area (Å²) in [5, 5.41) is 3.82. The molecule has 9 heteroatoms. The zero-order valence-electron chi connectivity index (χ0n) is 17.7. The van der Waals surface area contributed by atoms with Crippen LogP contribution in [-0.4, -0.2) is 79.4 Å². The van der Waals surface area contributed by atoms with Crippen LogP contribution in [0.4, 0.5) is 23.0 Å². The van der Waals surface area contributed by atoms with Crippen molar-refractivity contribution < 1.29 is 4.74 Å². The van der Waals surface area contributed by atoms with Gasteiger partial charge in [-0.3, -0.25) is 4.79 Å². The predicted octanol–water partition coefficient (Wildman–Crippen LogP) is 1.65. The minimum atomic E-state index is -0.199. The maximum atomic E-state index is 12.6. The number of H-pyrrole nitrogens is 1. The molecule has 4 heterocycles. The van der Waals surface area contributed by atoms with Crippen molar-refractivity contribution in [2.75, 3.05) is 74.6 Å². The number of fused-ring (bicyclic) bond motifs is 1. The second kappa shape index (κ2) is 8.52. The molecule has 2 saturated heterocycles. The van der Waals surface area contributed by atoms with Crippen LogP contribution in [0.25, 0.3) is 10.9 Å². The Balaban J connectivity index is 1.46. The van der Waals surface area contributed by atoms with E-state index in [4.69, 9.17) is 9.72 Å². The van der Waals surface area contributed by atoms with Gasteiger partial charge in [-0.25, -0.2) is 9.97 Å². The first-order chi connectivity index (χ1) is 15.2. The minimum Gasteiger partial charge on any atom is -0.378 e. The van der Waals surface area contributed by atoms with E-state index in [2.05, 4.69) is 49.2 Å². The molecule has 3 aromatic rings. The van der Waals surface area contributed by atoms with Crippen molar-refractivity contribution >= 4 is 33.9 Å². The largest absolute Gasteiger partial charge is 0.378 e. The molecule has 162 valence electrons. The molecule has 0 bridgehead atoms. The average Bonchev–Trinajstić information content (AvgIpc) is 2.80. The second-order valence-electron chi connectivity index (χ2n) is 8.02. The summed E-state index contributed by atoms with van der Waals surface area (Å²) < 4.78 is 5.44.